The van der Waals surface area contributed by atoms with Crippen molar-refractivity contribution in [3.63, 3.8) is 0 Å². The minimum Gasteiger partial charge on any atom is -0.293 e. The van der Waals surface area contributed by atoms with Gasteiger partial charge in [-0.25, -0.2) is 9.88 Å². The predicted molar refractivity (Wildman–Crippen MR) is 238 cm³/mol. The molecule has 4 amide bonds. The minimum absolute atomic E-state index is 0.00669. The molecule has 1 aromatic heterocycles. The molecule has 4 aliphatic rings. The number of hydrogen-bond acceptors (Lipinski definition) is 8. The van der Waals surface area contributed by atoms with E-state index in [2.05, 4.69) is 0 Å². The number of anilines is 1. The molecule has 304 valence electrons. The molecular formula is C46H28Cl5N3O6S. The Kier molecular flexibility index (Phi) is 9.67. The molecular weight excluding hydrogens is 900 g/mol. The lowest BCUT2D eigenvalue weighted by atomic mass is 9.93. The Morgan fingerprint density at radius 2 is 1.25 bits per heavy atom. The summed E-state index contributed by atoms with van der Waals surface area (Å²) in [5, 5.41) is 1.99. The molecule has 0 N–H and O–H groups in total. The molecule has 0 spiro atoms. The number of imide groups is 2. The Morgan fingerprint density at radius 3 is 1.90 bits per heavy atom. The van der Waals surface area contributed by atoms with E-state index in [0.29, 0.717) is 43.5 Å². The van der Waals surface area contributed by atoms with Crippen LogP contribution in [0, 0.1) is 13.8 Å². The van der Waals surface area contributed by atoms with E-state index >= 15 is 0 Å². The monoisotopic (exact) mass is 925 g/mol. The quantitative estimate of drug-likeness (QED) is 0.0919. The SMILES string of the molecule is Cc1c(C)c2c(c(Cl)c1Cl)C(=O)N(c1ccc(CN3C(=O)c4cccc5cccc(c45)C3=O)c3ccc(C4C(=O)c5c(Cl)c(Cl)c(SC6CCCC6)c(Cl)c5C4=O)nc13)C2=O. The molecule has 1 atom stereocenters. The Morgan fingerprint density at radius 1 is 0.639 bits per heavy atom. The van der Waals surface area contributed by atoms with Gasteiger partial charge in [0.05, 0.1) is 70.8 Å². The molecule has 6 aromatic rings. The number of halogens is 5. The average Bonchev–Trinajstić information content (AvgIpc) is 3.94. The zero-order valence-corrected chi connectivity index (χ0v) is 36.6. The Hall–Kier alpha value is -4.81. The molecule has 10 rings (SSSR count). The number of Topliss-reactive ketones (excluding diaryl/α,β-unsaturated/α-hetero) is 2. The molecule has 0 radical (unpaired) electrons. The second kappa shape index (κ2) is 14.6. The van der Waals surface area contributed by atoms with Gasteiger partial charge in [0.2, 0.25) is 0 Å². The molecule has 0 saturated heterocycles. The summed E-state index contributed by atoms with van der Waals surface area (Å²) < 4.78 is 0. The minimum atomic E-state index is -1.50. The number of carbonyl (C=O) groups excluding carboxylic acids is 6. The number of aromatic nitrogens is 1. The van der Waals surface area contributed by atoms with Crippen molar-refractivity contribution in [2.75, 3.05) is 4.90 Å². The standard InChI is InChI=1S/C46H28Cl5N3O6S/c1-18-19(2)34(47)36(49)33-28(18)45(59)54(46(33)60)27-16-13-21(17-53-43(57)24-11-5-7-20-8-6-12-25(29(20)24)44(53)58)23-14-15-26(52-39(23)27)30-40(55)31-32(41(30)56)37(50)42(38(51)35(31)48)61-22-9-3-4-10-22/h5-8,11-16,22,30H,3-4,9-10,17H2,1-2H3. The molecule has 61 heavy (non-hydrogen) atoms. The molecule has 2 aliphatic heterocycles. The largest absolute Gasteiger partial charge is 0.293 e. The first-order valence-corrected chi connectivity index (χ1v) is 22.1. The van der Waals surface area contributed by atoms with Crippen LogP contribution in [0.3, 0.4) is 0 Å². The van der Waals surface area contributed by atoms with Gasteiger partial charge in [-0.2, -0.15) is 0 Å². The smallest absolute Gasteiger partial charge is 0.267 e. The van der Waals surface area contributed by atoms with Crippen LogP contribution in [-0.2, 0) is 6.54 Å². The number of pyridine rings is 1. The number of thioether (sulfide) groups is 1. The summed E-state index contributed by atoms with van der Waals surface area (Å²) in [6.07, 6.45) is 4.00. The molecule has 1 fully saturated rings. The van der Waals surface area contributed by atoms with Crippen molar-refractivity contribution in [1.82, 2.24) is 9.88 Å². The van der Waals surface area contributed by atoms with Crippen LogP contribution in [0.2, 0.25) is 25.1 Å². The number of hydrogen-bond donors (Lipinski definition) is 0. The van der Waals surface area contributed by atoms with E-state index in [4.69, 9.17) is 63.0 Å². The lowest BCUT2D eigenvalue weighted by Crippen LogP contribution is -2.39. The Balaban J connectivity index is 1.12. The van der Waals surface area contributed by atoms with Crippen molar-refractivity contribution >= 4 is 132 Å². The van der Waals surface area contributed by atoms with Gasteiger partial charge in [0, 0.05) is 32.0 Å². The number of fused-ring (bicyclic) bond motifs is 3. The number of carbonyl (C=O) groups is 6. The molecule has 15 heteroatoms. The highest BCUT2D eigenvalue weighted by molar-refractivity contribution is 8.00. The normalized spacial score (nSPS) is 17.5. The van der Waals surface area contributed by atoms with Crippen LogP contribution >= 0.6 is 69.8 Å². The van der Waals surface area contributed by atoms with Gasteiger partial charge in [-0.3, -0.25) is 33.7 Å². The number of benzene rings is 5. The van der Waals surface area contributed by atoms with Crippen LogP contribution in [0.1, 0.15) is 116 Å². The van der Waals surface area contributed by atoms with Crippen LogP contribution in [0.4, 0.5) is 5.69 Å². The van der Waals surface area contributed by atoms with Gasteiger partial charge in [0.1, 0.15) is 5.92 Å². The molecule has 5 aromatic carbocycles. The lowest BCUT2D eigenvalue weighted by molar-refractivity contribution is 0.0597. The lowest BCUT2D eigenvalue weighted by Gasteiger charge is -2.28. The maximum atomic E-state index is 14.4. The highest BCUT2D eigenvalue weighted by Crippen LogP contribution is 2.52. The highest BCUT2D eigenvalue weighted by atomic mass is 35.5. The van der Waals surface area contributed by atoms with Crippen LogP contribution < -0.4 is 4.90 Å². The molecule has 9 nitrogen and oxygen atoms in total. The molecule has 0 bridgehead atoms. The van der Waals surface area contributed by atoms with Gasteiger partial charge >= 0.3 is 0 Å². The van der Waals surface area contributed by atoms with E-state index in [1.165, 1.54) is 23.9 Å². The Labute approximate surface area is 377 Å². The summed E-state index contributed by atoms with van der Waals surface area (Å²) in [6, 6.07) is 16.7. The predicted octanol–water partition coefficient (Wildman–Crippen LogP) is 12.1. The van der Waals surface area contributed by atoms with Crippen LogP contribution in [-0.4, -0.2) is 50.3 Å². The van der Waals surface area contributed by atoms with E-state index in [1.54, 1.807) is 50.2 Å². The number of rotatable bonds is 6. The molecule has 1 unspecified atom stereocenters. The summed E-state index contributed by atoms with van der Waals surface area (Å²) in [5.41, 5.74) is 2.03. The Bertz CT molecular complexity index is 3030. The third kappa shape index (κ3) is 5.79. The number of nitrogens with zero attached hydrogens (tertiary/aromatic N) is 3. The first-order valence-electron chi connectivity index (χ1n) is 19.3. The maximum Gasteiger partial charge on any atom is 0.267 e. The van der Waals surface area contributed by atoms with Gasteiger partial charge in [-0.1, -0.05) is 107 Å². The first-order chi connectivity index (χ1) is 29.2. The summed E-state index contributed by atoms with van der Waals surface area (Å²) in [4.78, 5) is 92.9. The summed E-state index contributed by atoms with van der Waals surface area (Å²) in [6.45, 7) is 3.14. The maximum absolute atomic E-state index is 14.4. The van der Waals surface area contributed by atoms with Gasteiger partial charge in [0.25, 0.3) is 23.6 Å². The second-order valence-corrected chi connectivity index (χ2v) is 18.8. The van der Waals surface area contributed by atoms with Crippen LogP contribution in [0.25, 0.3) is 21.7 Å². The van der Waals surface area contributed by atoms with Crippen LogP contribution in [0.15, 0.2) is 65.6 Å². The second-order valence-electron chi connectivity index (χ2n) is 15.6. The average molecular weight is 928 g/mol. The van der Waals surface area contributed by atoms with Crippen molar-refractivity contribution in [3.05, 3.63) is 142 Å². The molecule has 1 saturated carbocycles. The molecule has 2 aliphatic carbocycles. The van der Waals surface area contributed by atoms with E-state index in [0.717, 1.165) is 40.9 Å². The van der Waals surface area contributed by atoms with Crippen LogP contribution in [0.5, 0.6) is 0 Å². The third-order valence-corrected chi connectivity index (χ3v) is 16.2. The zero-order valence-electron chi connectivity index (χ0n) is 32.1. The van der Waals surface area contributed by atoms with E-state index < -0.39 is 41.1 Å². The van der Waals surface area contributed by atoms with Crippen molar-refractivity contribution in [2.45, 2.75) is 62.1 Å². The van der Waals surface area contributed by atoms with Crippen molar-refractivity contribution in [1.29, 1.82) is 0 Å². The number of amides is 4. The third-order valence-electron chi connectivity index (χ3n) is 12.3. The summed E-state index contributed by atoms with van der Waals surface area (Å²) >= 11 is 35.1. The summed E-state index contributed by atoms with van der Waals surface area (Å²) in [7, 11) is 0. The topological polar surface area (TPSA) is 122 Å². The van der Waals surface area contributed by atoms with Crippen molar-refractivity contribution in [2.24, 2.45) is 0 Å². The van der Waals surface area contributed by atoms with Gasteiger partial charge in [0.15, 0.2) is 11.6 Å². The fourth-order valence-electron chi connectivity index (χ4n) is 9.13. The fourth-order valence-corrected chi connectivity index (χ4v) is 12.1. The number of ketones is 2. The summed E-state index contributed by atoms with van der Waals surface area (Å²) in [5.74, 6) is -5.27. The van der Waals surface area contributed by atoms with Crippen molar-refractivity contribution in [3.8, 4) is 0 Å². The fraction of sp³-hybridized carbons (Fsp3) is 0.196. The van der Waals surface area contributed by atoms with Gasteiger partial charge in [-0.15, -0.1) is 11.8 Å². The molecule has 3 heterocycles. The van der Waals surface area contributed by atoms with Gasteiger partial charge < -0.3 is 0 Å². The van der Waals surface area contributed by atoms with Crippen molar-refractivity contribution < 1.29 is 28.8 Å². The first kappa shape index (κ1) is 40.3. The van der Waals surface area contributed by atoms with E-state index in [1.807, 2.05) is 12.1 Å². The van der Waals surface area contributed by atoms with E-state index in [-0.39, 0.29) is 76.1 Å². The zero-order chi connectivity index (χ0) is 42.9. The highest BCUT2D eigenvalue weighted by Gasteiger charge is 2.47. The van der Waals surface area contributed by atoms with Gasteiger partial charge in [-0.05, 0) is 73.0 Å². The van der Waals surface area contributed by atoms with E-state index in [9.17, 15) is 28.8 Å².